The van der Waals surface area contributed by atoms with Crippen LogP contribution in [0.3, 0.4) is 0 Å². The van der Waals surface area contributed by atoms with Crippen molar-refractivity contribution in [2.24, 2.45) is 5.92 Å². The third kappa shape index (κ3) is 8.38. The van der Waals surface area contributed by atoms with E-state index in [0.717, 1.165) is 61.2 Å². The first kappa shape index (κ1) is 30.6. The molecule has 0 bridgehead atoms. The lowest BCUT2D eigenvalue weighted by molar-refractivity contribution is 0.0546. The summed E-state index contributed by atoms with van der Waals surface area (Å²) in [7, 11) is 0. The van der Waals surface area contributed by atoms with Crippen LogP contribution in [0, 0.1) is 5.92 Å². The number of benzene rings is 2. The number of hydrogen-bond acceptors (Lipinski definition) is 6. The highest BCUT2D eigenvalue weighted by atomic mass is 16.5. The molecule has 1 saturated heterocycles. The van der Waals surface area contributed by atoms with Crippen molar-refractivity contribution in [1.82, 2.24) is 24.9 Å². The van der Waals surface area contributed by atoms with E-state index >= 15 is 0 Å². The topological polar surface area (TPSA) is 75.4 Å². The summed E-state index contributed by atoms with van der Waals surface area (Å²) in [6.45, 7) is 10.6. The maximum atomic E-state index is 14.0. The molecule has 0 unspecified atom stereocenters. The van der Waals surface area contributed by atoms with Gasteiger partial charge in [-0.1, -0.05) is 75.2 Å². The average molecular weight is 580 g/mol. The Labute approximate surface area is 256 Å². The molecule has 4 aromatic rings. The summed E-state index contributed by atoms with van der Waals surface area (Å²) in [5, 5.41) is 4.18. The van der Waals surface area contributed by atoms with Gasteiger partial charge >= 0.3 is 0 Å². The maximum Gasteiger partial charge on any atom is 0.259 e. The number of likely N-dealkylation sites (tertiary alicyclic amines) is 1. The van der Waals surface area contributed by atoms with Crippen molar-refractivity contribution >= 4 is 5.91 Å². The molecule has 7 heteroatoms. The van der Waals surface area contributed by atoms with Crippen LogP contribution < -0.4 is 0 Å². The van der Waals surface area contributed by atoms with E-state index in [0.29, 0.717) is 24.2 Å². The van der Waals surface area contributed by atoms with Crippen LogP contribution in [0.4, 0.5) is 0 Å². The average Bonchev–Trinajstić information content (AvgIpc) is 3.54. The summed E-state index contributed by atoms with van der Waals surface area (Å²) in [5.74, 6) is 1.80. The molecule has 2 aromatic carbocycles. The fourth-order valence-corrected chi connectivity index (χ4v) is 5.72. The van der Waals surface area contributed by atoms with Gasteiger partial charge in [-0.15, -0.1) is 0 Å². The van der Waals surface area contributed by atoms with E-state index < -0.39 is 0 Å². The lowest BCUT2D eigenvalue weighted by Crippen LogP contribution is -2.47. The number of carbonyl (C=O) groups is 1. The summed E-state index contributed by atoms with van der Waals surface area (Å²) in [5.41, 5.74) is 4.83. The molecule has 1 fully saturated rings. The highest BCUT2D eigenvalue weighted by Crippen LogP contribution is 2.25. The van der Waals surface area contributed by atoms with Gasteiger partial charge in [-0.3, -0.25) is 9.78 Å². The van der Waals surface area contributed by atoms with Crippen molar-refractivity contribution < 1.29 is 9.32 Å². The van der Waals surface area contributed by atoms with Gasteiger partial charge in [0.15, 0.2) is 0 Å². The molecule has 1 amide bonds. The predicted octanol–water partition coefficient (Wildman–Crippen LogP) is 7.68. The minimum absolute atomic E-state index is 0.115. The van der Waals surface area contributed by atoms with Crippen LogP contribution in [0.5, 0.6) is 0 Å². The third-order valence-electron chi connectivity index (χ3n) is 8.45. The largest absolute Gasteiger partial charge is 0.334 e. The molecule has 43 heavy (non-hydrogen) atoms. The van der Waals surface area contributed by atoms with Gasteiger partial charge in [-0.2, -0.15) is 4.98 Å². The van der Waals surface area contributed by atoms with Gasteiger partial charge in [0.2, 0.25) is 5.82 Å². The number of pyridine rings is 1. The van der Waals surface area contributed by atoms with Gasteiger partial charge in [0.1, 0.15) is 0 Å². The van der Waals surface area contributed by atoms with Crippen LogP contribution in [-0.2, 0) is 13.0 Å². The molecule has 3 heterocycles. The Bertz CT molecular complexity index is 1410. The number of unbranched alkanes of at least 4 members (excludes halogenated alkanes) is 2. The Hall–Kier alpha value is -3.84. The van der Waals surface area contributed by atoms with E-state index in [1.807, 2.05) is 36.4 Å². The molecule has 0 aliphatic carbocycles. The fourth-order valence-electron chi connectivity index (χ4n) is 5.72. The first-order valence-electron chi connectivity index (χ1n) is 16.0. The molecule has 5 rings (SSSR count). The monoisotopic (exact) mass is 579 g/mol. The van der Waals surface area contributed by atoms with E-state index in [2.05, 4.69) is 70.0 Å². The van der Waals surface area contributed by atoms with Crippen molar-refractivity contribution in [3.63, 3.8) is 0 Å². The van der Waals surface area contributed by atoms with Gasteiger partial charge in [0.05, 0.1) is 5.56 Å². The van der Waals surface area contributed by atoms with Crippen molar-refractivity contribution in [1.29, 1.82) is 0 Å². The van der Waals surface area contributed by atoms with Crippen molar-refractivity contribution in [2.75, 3.05) is 19.6 Å². The van der Waals surface area contributed by atoms with Crippen LogP contribution in [0.2, 0.25) is 0 Å². The van der Waals surface area contributed by atoms with Gasteiger partial charge in [-0.05, 0) is 80.0 Å². The molecule has 7 nitrogen and oxygen atoms in total. The predicted molar refractivity (Wildman–Crippen MR) is 171 cm³/mol. The van der Waals surface area contributed by atoms with E-state index in [1.54, 1.807) is 12.4 Å². The quantitative estimate of drug-likeness (QED) is 0.151. The molecule has 2 aromatic heterocycles. The maximum absolute atomic E-state index is 14.0. The number of hydrogen-bond donors (Lipinski definition) is 0. The second-order valence-electron chi connectivity index (χ2n) is 12.2. The second kappa shape index (κ2) is 15.1. The van der Waals surface area contributed by atoms with E-state index in [4.69, 9.17) is 4.52 Å². The lowest BCUT2D eigenvalue weighted by Gasteiger charge is -2.39. The molecular formula is C36H45N5O2. The third-order valence-corrected chi connectivity index (χ3v) is 8.45. The van der Waals surface area contributed by atoms with Crippen LogP contribution in [0.15, 0.2) is 77.6 Å². The summed E-state index contributed by atoms with van der Waals surface area (Å²) in [6, 6.07) is 20.4. The molecule has 1 aliphatic rings. The smallest absolute Gasteiger partial charge is 0.259 e. The van der Waals surface area contributed by atoms with E-state index in [-0.39, 0.29) is 11.9 Å². The Balaban J connectivity index is 1.30. The number of amides is 1. The van der Waals surface area contributed by atoms with Crippen LogP contribution in [0.1, 0.15) is 80.8 Å². The number of piperidine rings is 1. The Morgan fingerprint density at radius 1 is 0.977 bits per heavy atom. The van der Waals surface area contributed by atoms with Gasteiger partial charge in [0, 0.05) is 49.2 Å². The summed E-state index contributed by atoms with van der Waals surface area (Å²) < 4.78 is 5.48. The number of nitrogens with zero attached hydrogens (tertiary/aromatic N) is 5. The van der Waals surface area contributed by atoms with Crippen molar-refractivity contribution in [2.45, 2.75) is 78.3 Å². The summed E-state index contributed by atoms with van der Waals surface area (Å²) >= 11 is 0. The number of aromatic nitrogens is 3. The Morgan fingerprint density at radius 2 is 1.72 bits per heavy atom. The van der Waals surface area contributed by atoms with Gasteiger partial charge in [-0.25, -0.2) is 0 Å². The minimum atomic E-state index is 0.115. The standard InChI is InChI=1S/C36H45N5O2/c1-4-5-6-8-28-10-16-31(17-11-28)36(42)41(33-19-23-40(24-20-33)22-18-27(2)3)26-29-12-14-30(15-13-29)34-38-35(43-39-34)32-9-7-21-37-25-32/h7,9-17,21,25,27,33H,4-6,8,18-20,22-24,26H2,1-3H3. The zero-order valence-corrected chi connectivity index (χ0v) is 25.9. The van der Waals surface area contributed by atoms with E-state index in [9.17, 15) is 4.79 Å². The van der Waals surface area contributed by atoms with Crippen LogP contribution in [-0.4, -0.2) is 56.5 Å². The van der Waals surface area contributed by atoms with Gasteiger partial charge < -0.3 is 14.3 Å². The second-order valence-corrected chi connectivity index (χ2v) is 12.2. The van der Waals surface area contributed by atoms with Crippen LogP contribution in [0.25, 0.3) is 22.8 Å². The zero-order valence-electron chi connectivity index (χ0n) is 25.9. The normalized spacial score (nSPS) is 14.3. The molecule has 0 saturated carbocycles. The fraction of sp³-hybridized carbons (Fsp3) is 0.444. The minimum Gasteiger partial charge on any atom is -0.334 e. The first-order valence-corrected chi connectivity index (χ1v) is 16.0. The highest BCUT2D eigenvalue weighted by molar-refractivity contribution is 5.94. The summed E-state index contributed by atoms with van der Waals surface area (Å²) in [4.78, 5) is 27.4. The van der Waals surface area contributed by atoms with Crippen molar-refractivity contribution in [3.8, 4) is 22.8 Å². The molecule has 226 valence electrons. The number of carbonyl (C=O) groups excluding carboxylic acids is 1. The zero-order chi connectivity index (χ0) is 30.0. The van der Waals surface area contributed by atoms with Crippen molar-refractivity contribution in [3.05, 3.63) is 89.7 Å². The lowest BCUT2D eigenvalue weighted by atomic mass is 9.99. The van der Waals surface area contributed by atoms with Gasteiger partial charge in [0.25, 0.3) is 11.8 Å². The molecule has 1 aliphatic heterocycles. The highest BCUT2D eigenvalue weighted by Gasteiger charge is 2.29. The molecule has 0 spiro atoms. The number of aryl methyl sites for hydroxylation is 1. The number of rotatable bonds is 13. The molecule has 0 radical (unpaired) electrons. The molecular weight excluding hydrogens is 534 g/mol. The van der Waals surface area contributed by atoms with E-state index in [1.165, 1.54) is 31.2 Å². The van der Waals surface area contributed by atoms with Crippen LogP contribution >= 0.6 is 0 Å². The SMILES string of the molecule is CCCCCc1ccc(C(=O)N(Cc2ccc(-c3noc(-c4cccnc4)n3)cc2)C2CCN(CCC(C)C)CC2)cc1. The Morgan fingerprint density at radius 3 is 2.40 bits per heavy atom. The summed E-state index contributed by atoms with van der Waals surface area (Å²) in [6.07, 6.45) is 11.3. The first-order chi connectivity index (χ1) is 21.0. The molecule has 0 atom stereocenters. The Kier molecular flexibility index (Phi) is 10.7. The molecule has 0 N–H and O–H groups in total.